The number of aromatic amines is 1. The van der Waals surface area contributed by atoms with Crippen LogP contribution in [0.2, 0.25) is 0 Å². The van der Waals surface area contributed by atoms with Crippen molar-refractivity contribution in [2.24, 2.45) is 0 Å². The first-order valence-electron chi connectivity index (χ1n) is 8.33. The van der Waals surface area contributed by atoms with Gasteiger partial charge in [0.2, 0.25) is 11.1 Å². The summed E-state index contributed by atoms with van der Waals surface area (Å²) in [6.45, 7) is 8.66. The van der Waals surface area contributed by atoms with Gasteiger partial charge in [-0.05, 0) is 13.5 Å². The maximum atomic E-state index is 12.6. The fourth-order valence-corrected chi connectivity index (χ4v) is 3.58. The molecule has 2 heterocycles. The number of hydrogen-bond donors (Lipinski definition) is 1. The number of hydrogen-bond acceptors (Lipinski definition) is 5. The molecule has 0 unspecified atom stereocenters. The lowest BCUT2D eigenvalue weighted by molar-refractivity contribution is -0.132. The molecule has 0 saturated carbocycles. The van der Waals surface area contributed by atoms with Crippen molar-refractivity contribution in [3.8, 4) is 11.4 Å². The molecule has 7 heteroatoms. The topological polar surface area (TPSA) is 65.1 Å². The van der Waals surface area contributed by atoms with E-state index in [4.69, 9.17) is 0 Å². The van der Waals surface area contributed by atoms with Crippen molar-refractivity contribution in [3.63, 3.8) is 0 Å². The van der Waals surface area contributed by atoms with Crippen LogP contribution in [0.3, 0.4) is 0 Å². The second-order valence-electron chi connectivity index (χ2n) is 5.85. The molecule has 1 aliphatic heterocycles. The number of nitrogens with one attached hydrogen (secondary N) is 1. The molecule has 0 spiro atoms. The third-order valence-electron chi connectivity index (χ3n) is 4.27. The normalized spacial score (nSPS) is 17.0. The third kappa shape index (κ3) is 3.96. The average molecular weight is 345 g/mol. The summed E-state index contributed by atoms with van der Waals surface area (Å²) in [5.74, 6) is 0.899. The Morgan fingerprint density at radius 2 is 1.96 bits per heavy atom. The third-order valence-corrected chi connectivity index (χ3v) is 5.22. The van der Waals surface area contributed by atoms with Crippen molar-refractivity contribution in [1.82, 2.24) is 25.0 Å². The van der Waals surface area contributed by atoms with Gasteiger partial charge in [0.15, 0.2) is 5.82 Å². The molecular formula is C17H23N5OS. The van der Waals surface area contributed by atoms with Crippen LogP contribution in [0.5, 0.6) is 0 Å². The molecule has 1 aliphatic rings. The van der Waals surface area contributed by atoms with Gasteiger partial charge in [-0.2, -0.15) is 0 Å². The summed E-state index contributed by atoms with van der Waals surface area (Å²) in [7, 11) is 0. The minimum atomic E-state index is -0.183. The van der Waals surface area contributed by atoms with Crippen LogP contribution in [0.25, 0.3) is 11.4 Å². The molecule has 1 N–H and O–H groups in total. The van der Waals surface area contributed by atoms with Crippen LogP contribution in [-0.4, -0.2) is 68.9 Å². The number of amides is 1. The summed E-state index contributed by atoms with van der Waals surface area (Å²) in [5.41, 5.74) is 0.992. The number of likely N-dealkylation sites (N-methyl/N-ethyl adjacent to an activating group) is 1. The lowest BCUT2D eigenvalue weighted by atomic mass is 10.2. The molecular weight excluding hydrogens is 322 g/mol. The van der Waals surface area contributed by atoms with Gasteiger partial charge in [-0.3, -0.25) is 9.89 Å². The summed E-state index contributed by atoms with van der Waals surface area (Å²) in [5, 5.41) is 7.61. The molecule has 1 aromatic carbocycles. The lowest BCUT2D eigenvalue weighted by Crippen LogP contribution is -2.50. The van der Waals surface area contributed by atoms with Crippen LogP contribution in [0.1, 0.15) is 13.8 Å². The summed E-state index contributed by atoms with van der Waals surface area (Å²) in [6, 6.07) is 9.86. The second-order valence-corrected chi connectivity index (χ2v) is 7.16. The molecule has 6 nitrogen and oxygen atoms in total. The van der Waals surface area contributed by atoms with Crippen LogP contribution >= 0.6 is 11.8 Å². The number of rotatable bonds is 5. The Balaban J connectivity index is 1.58. The Labute approximate surface area is 146 Å². The first kappa shape index (κ1) is 17.0. The molecule has 0 radical (unpaired) electrons. The SMILES string of the molecule is CCN1CCN(C(=O)[C@@H](C)Sc2n[nH]c(-c3ccccc3)n2)CC1. The van der Waals surface area contributed by atoms with Crippen LogP contribution in [0.4, 0.5) is 0 Å². The maximum Gasteiger partial charge on any atom is 0.235 e. The minimum Gasteiger partial charge on any atom is -0.339 e. The van der Waals surface area contributed by atoms with Gasteiger partial charge in [-0.15, -0.1) is 5.10 Å². The van der Waals surface area contributed by atoms with Gasteiger partial charge in [0, 0.05) is 31.7 Å². The van der Waals surface area contributed by atoms with Crippen molar-refractivity contribution >= 4 is 17.7 Å². The van der Waals surface area contributed by atoms with Gasteiger partial charge in [-0.1, -0.05) is 49.0 Å². The zero-order valence-corrected chi connectivity index (χ0v) is 14.9. The average Bonchev–Trinajstić information content (AvgIpc) is 3.10. The van der Waals surface area contributed by atoms with Crippen LogP contribution < -0.4 is 0 Å². The molecule has 0 bridgehead atoms. The lowest BCUT2D eigenvalue weighted by Gasteiger charge is -2.35. The van der Waals surface area contributed by atoms with E-state index in [9.17, 15) is 4.79 Å². The zero-order valence-electron chi connectivity index (χ0n) is 14.1. The molecule has 128 valence electrons. The number of carbonyl (C=O) groups excluding carboxylic acids is 1. The molecule has 1 saturated heterocycles. The number of thioether (sulfide) groups is 1. The first-order chi connectivity index (χ1) is 11.7. The van der Waals surface area contributed by atoms with Gasteiger partial charge >= 0.3 is 0 Å². The van der Waals surface area contributed by atoms with E-state index in [0.717, 1.165) is 44.1 Å². The number of carbonyl (C=O) groups is 1. The highest BCUT2D eigenvalue weighted by molar-refractivity contribution is 8.00. The van der Waals surface area contributed by atoms with E-state index < -0.39 is 0 Å². The van der Waals surface area contributed by atoms with Crippen molar-refractivity contribution < 1.29 is 4.79 Å². The monoisotopic (exact) mass is 345 g/mol. The molecule has 2 aromatic rings. The van der Waals surface area contributed by atoms with E-state index in [1.165, 1.54) is 11.8 Å². The Bertz CT molecular complexity index is 667. The van der Waals surface area contributed by atoms with Crippen molar-refractivity contribution in [2.75, 3.05) is 32.7 Å². The fourth-order valence-electron chi connectivity index (χ4n) is 2.77. The number of H-pyrrole nitrogens is 1. The van der Waals surface area contributed by atoms with Crippen molar-refractivity contribution in [1.29, 1.82) is 0 Å². The number of aromatic nitrogens is 3. The highest BCUT2D eigenvalue weighted by Crippen LogP contribution is 2.24. The molecule has 1 amide bonds. The fraction of sp³-hybridized carbons (Fsp3) is 0.471. The van der Waals surface area contributed by atoms with E-state index in [2.05, 4.69) is 27.0 Å². The van der Waals surface area contributed by atoms with E-state index in [1.54, 1.807) is 0 Å². The number of piperazine rings is 1. The van der Waals surface area contributed by atoms with Gasteiger partial charge in [0.25, 0.3) is 0 Å². The summed E-state index contributed by atoms with van der Waals surface area (Å²) in [6.07, 6.45) is 0. The molecule has 1 aromatic heterocycles. The standard InChI is InChI=1S/C17H23N5OS/c1-3-21-9-11-22(12-10-21)16(23)13(2)24-17-18-15(19-20-17)14-7-5-4-6-8-14/h4-8,13H,3,9-12H2,1-2H3,(H,18,19,20)/t13-/m1/s1. The quantitative estimate of drug-likeness (QED) is 0.841. The minimum absolute atomic E-state index is 0.168. The van der Waals surface area contributed by atoms with Gasteiger partial charge < -0.3 is 9.80 Å². The summed E-state index contributed by atoms with van der Waals surface area (Å²) in [4.78, 5) is 21.4. The van der Waals surface area contributed by atoms with Gasteiger partial charge in [0.1, 0.15) is 0 Å². The van der Waals surface area contributed by atoms with Crippen molar-refractivity contribution in [2.45, 2.75) is 24.3 Å². The van der Waals surface area contributed by atoms with Crippen LogP contribution in [0, 0.1) is 0 Å². The maximum absolute atomic E-state index is 12.6. The number of nitrogens with zero attached hydrogens (tertiary/aromatic N) is 4. The Morgan fingerprint density at radius 3 is 2.62 bits per heavy atom. The Hall–Kier alpha value is -1.86. The molecule has 0 aliphatic carbocycles. The highest BCUT2D eigenvalue weighted by Gasteiger charge is 2.26. The molecule has 3 rings (SSSR count). The van der Waals surface area contributed by atoms with E-state index in [-0.39, 0.29) is 11.2 Å². The first-order valence-corrected chi connectivity index (χ1v) is 9.21. The predicted octanol–water partition coefficient (Wildman–Crippen LogP) is 2.12. The van der Waals surface area contributed by atoms with Crippen LogP contribution in [0.15, 0.2) is 35.5 Å². The molecule has 24 heavy (non-hydrogen) atoms. The molecule has 1 atom stereocenters. The van der Waals surface area contributed by atoms with Crippen molar-refractivity contribution in [3.05, 3.63) is 30.3 Å². The zero-order chi connectivity index (χ0) is 16.9. The van der Waals surface area contributed by atoms with Crippen LogP contribution in [-0.2, 0) is 4.79 Å². The van der Waals surface area contributed by atoms with Gasteiger partial charge in [-0.25, -0.2) is 4.98 Å². The Kier molecular flexibility index (Phi) is 5.52. The predicted molar refractivity (Wildman–Crippen MR) is 95.8 cm³/mol. The van der Waals surface area contributed by atoms with E-state index in [1.807, 2.05) is 42.2 Å². The van der Waals surface area contributed by atoms with E-state index >= 15 is 0 Å². The highest BCUT2D eigenvalue weighted by atomic mass is 32.2. The molecule has 1 fully saturated rings. The Morgan fingerprint density at radius 1 is 1.25 bits per heavy atom. The van der Waals surface area contributed by atoms with Gasteiger partial charge in [0.05, 0.1) is 5.25 Å². The second kappa shape index (κ2) is 7.81. The summed E-state index contributed by atoms with van der Waals surface area (Å²) < 4.78 is 0. The number of benzene rings is 1. The largest absolute Gasteiger partial charge is 0.339 e. The smallest absolute Gasteiger partial charge is 0.235 e. The summed E-state index contributed by atoms with van der Waals surface area (Å²) >= 11 is 1.41. The van der Waals surface area contributed by atoms with E-state index in [0.29, 0.717) is 5.16 Å².